The van der Waals surface area contributed by atoms with Crippen molar-refractivity contribution in [1.82, 2.24) is 9.55 Å². The first-order valence-electron chi connectivity index (χ1n) is 6.86. The van der Waals surface area contributed by atoms with Crippen LogP contribution in [0.4, 0.5) is 0 Å². The first kappa shape index (κ1) is 14.9. The maximum Gasteiger partial charge on any atom is 0.125 e. The van der Waals surface area contributed by atoms with E-state index in [2.05, 4.69) is 35.5 Å². The van der Waals surface area contributed by atoms with Crippen molar-refractivity contribution in [2.75, 3.05) is 0 Å². The number of benzene rings is 1. The minimum Gasteiger partial charge on any atom is -0.324 e. The van der Waals surface area contributed by atoms with Crippen molar-refractivity contribution in [2.45, 2.75) is 32.2 Å². The van der Waals surface area contributed by atoms with Crippen LogP contribution in [0.2, 0.25) is 5.02 Å². The molecule has 1 aromatic carbocycles. The number of aryl methyl sites for hydroxylation is 1. The van der Waals surface area contributed by atoms with Crippen LogP contribution in [0.25, 0.3) is 11.0 Å². The van der Waals surface area contributed by atoms with Gasteiger partial charge in [-0.2, -0.15) is 0 Å². The van der Waals surface area contributed by atoms with Crippen LogP contribution in [0.5, 0.6) is 0 Å². The number of hydrogen-bond donors (Lipinski definition) is 0. The molecule has 0 aliphatic rings. The topological polar surface area (TPSA) is 17.8 Å². The summed E-state index contributed by atoms with van der Waals surface area (Å²) in [5.74, 6) is 1.30. The van der Waals surface area contributed by atoms with Crippen molar-refractivity contribution in [2.24, 2.45) is 0 Å². The first-order valence-corrected chi connectivity index (χ1v) is 8.59. The van der Waals surface area contributed by atoms with Crippen molar-refractivity contribution in [1.29, 1.82) is 0 Å². The number of fused-ring (bicyclic) bond motifs is 1. The fourth-order valence-corrected chi connectivity index (χ4v) is 4.05. The maximum atomic E-state index is 6.08. The van der Waals surface area contributed by atoms with Crippen molar-refractivity contribution < 1.29 is 0 Å². The average molecular weight is 339 g/mol. The highest BCUT2D eigenvalue weighted by molar-refractivity contribution is 7.11. The van der Waals surface area contributed by atoms with Crippen LogP contribution in [-0.4, -0.2) is 9.55 Å². The second kappa shape index (κ2) is 5.99. The molecule has 2 nitrogen and oxygen atoms in total. The molecule has 1 atom stereocenters. The number of thiophene rings is 1. The fraction of sp³-hybridized carbons (Fsp3) is 0.312. The van der Waals surface area contributed by atoms with Gasteiger partial charge in [-0.15, -0.1) is 22.9 Å². The largest absolute Gasteiger partial charge is 0.324 e. The third-order valence-electron chi connectivity index (χ3n) is 3.58. The molecule has 21 heavy (non-hydrogen) atoms. The second-order valence-corrected chi connectivity index (χ2v) is 7.31. The van der Waals surface area contributed by atoms with Gasteiger partial charge in [0, 0.05) is 27.2 Å². The number of hydrogen-bond acceptors (Lipinski definition) is 2. The van der Waals surface area contributed by atoms with Crippen LogP contribution in [0.15, 0.2) is 30.3 Å². The third-order valence-corrected chi connectivity index (χ3v) is 5.07. The maximum absolute atomic E-state index is 6.08. The molecule has 5 heteroatoms. The Morgan fingerprint density at radius 3 is 2.76 bits per heavy atom. The van der Waals surface area contributed by atoms with Crippen molar-refractivity contribution in [3.05, 3.63) is 50.9 Å². The molecule has 1 unspecified atom stereocenters. The van der Waals surface area contributed by atoms with Gasteiger partial charge >= 0.3 is 0 Å². The predicted octanol–water partition coefficient (Wildman–Crippen LogP) is 5.60. The van der Waals surface area contributed by atoms with Gasteiger partial charge in [0.1, 0.15) is 5.82 Å². The number of halogens is 2. The van der Waals surface area contributed by atoms with E-state index in [1.807, 2.05) is 29.5 Å². The molecule has 0 saturated heterocycles. The Bertz CT molecular complexity index is 776. The summed E-state index contributed by atoms with van der Waals surface area (Å²) in [5, 5.41) is 0.704. The summed E-state index contributed by atoms with van der Waals surface area (Å²) in [5.41, 5.74) is 2.00. The van der Waals surface area contributed by atoms with E-state index < -0.39 is 0 Å². The number of alkyl halides is 1. The summed E-state index contributed by atoms with van der Waals surface area (Å²) in [7, 11) is 0. The molecule has 0 fully saturated rings. The Morgan fingerprint density at radius 1 is 1.29 bits per heavy atom. The number of rotatable bonds is 4. The standard InChI is InChI=1S/C16H16Cl2N2S/c1-10(7-13-5-3-11(2)21-13)20-15-6-4-12(18)8-14(15)19-16(20)9-17/h3-6,8,10H,7,9H2,1-2H3. The molecule has 2 heterocycles. The summed E-state index contributed by atoms with van der Waals surface area (Å²) in [6.07, 6.45) is 0.983. The van der Waals surface area contributed by atoms with Gasteiger partial charge in [-0.05, 0) is 44.2 Å². The molecule has 0 bridgehead atoms. The van der Waals surface area contributed by atoms with Gasteiger partial charge in [0.05, 0.1) is 16.9 Å². The van der Waals surface area contributed by atoms with Crippen molar-refractivity contribution in [3.63, 3.8) is 0 Å². The normalized spacial score (nSPS) is 13.0. The quantitative estimate of drug-likeness (QED) is 0.566. The molecular weight excluding hydrogens is 323 g/mol. The fourth-order valence-electron chi connectivity index (χ4n) is 2.69. The van der Waals surface area contributed by atoms with Gasteiger partial charge in [-0.25, -0.2) is 4.98 Å². The summed E-state index contributed by atoms with van der Waals surface area (Å²) in [4.78, 5) is 7.34. The van der Waals surface area contributed by atoms with Crippen LogP contribution in [0.1, 0.15) is 28.5 Å². The SMILES string of the molecule is Cc1ccc(CC(C)n2c(CCl)nc3cc(Cl)ccc32)s1. The van der Waals surface area contributed by atoms with Gasteiger partial charge in [0.15, 0.2) is 0 Å². The van der Waals surface area contributed by atoms with Crippen LogP contribution in [-0.2, 0) is 12.3 Å². The zero-order valence-electron chi connectivity index (χ0n) is 11.9. The Kier molecular flexibility index (Phi) is 4.25. The Morgan fingerprint density at radius 2 is 2.10 bits per heavy atom. The lowest BCUT2D eigenvalue weighted by Gasteiger charge is -2.16. The zero-order valence-corrected chi connectivity index (χ0v) is 14.3. The molecule has 3 rings (SSSR count). The summed E-state index contributed by atoms with van der Waals surface area (Å²) in [6.45, 7) is 4.35. The van der Waals surface area contributed by atoms with Gasteiger partial charge < -0.3 is 4.57 Å². The predicted molar refractivity (Wildman–Crippen MR) is 91.8 cm³/mol. The van der Waals surface area contributed by atoms with E-state index in [-0.39, 0.29) is 0 Å². The minimum atomic E-state index is 0.308. The molecule has 110 valence electrons. The summed E-state index contributed by atoms with van der Waals surface area (Å²) >= 11 is 14.0. The van der Waals surface area contributed by atoms with E-state index >= 15 is 0 Å². The molecule has 2 aromatic heterocycles. The number of imidazole rings is 1. The van der Waals surface area contributed by atoms with Crippen LogP contribution >= 0.6 is 34.5 Å². The number of nitrogens with zero attached hydrogens (tertiary/aromatic N) is 2. The Labute approximate surface area is 138 Å². The Hall–Kier alpha value is -1.03. The molecule has 0 aliphatic carbocycles. The molecule has 0 saturated carbocycles. The smallest absolute Gasteiger partial charge is 0.125 e. The molecule has 0 amide bonds. The van der Waals surface area contributed by atoms with Crippen LogP contribution in [0.3, 0.4) is 0 Å². The lowest BCUT2D eigenvalue weighted by atomic mass is 10.2. The summed E-state index contributed by atoms with van der Waals surface area (Å²) < 4.78 is 2.23. The van der Waals surface area contributed by atoms with Gasteiger partial charge in [0.25, 0.3) is 0 Å². The second-order valence-electron chi connectivity index (χ2n) is 5.23. The third kappa shape index (κ3) is 2.96. The average Bonchev–Trinajstić information content (AvgIpc) is 3.01. The minimum absolute atomic E-state index is 0.308. The highest BCUT2D eigenvalue weighted by Crippen LogP contribution is 2.28. The lowest BCUT2D eigenvalue weighted by molar-refractivity contribution is 0.547. The van der Waals surface area contributed by atoms with Gasteiger partial charge in [-0.3, -0.25) is 0 Å². The van der Waals surface area contributed by atoms with Crippen molar-refractivity contribution in [3.8, 4) is 0 Å². The zero-order chi connectivity index (χ0) is 15.0. The van der Waals surface area contributed by atoms with E-state index in [1.165, 1.54) is 9.75 Å². The highest BCUT2D eigenvalue weighted by atomic mass is 35.5. The molecule has 0 N–H and O–H groups in total. The molecular formula is C16H16Cl2N2S. The Balaban J connectivity index is 2.01. The molecule has 0 aliphatic heterocycles. The lowest BCUT2D eigenvalue weighted by Crippen LogP contribution is -2.10. The van der Waals surface area contributed by atoms with Gasteiger partial charge in [0.2, 0.25) is 0 Å². The molecule has 0 radical (unpaired) electrons. The van der Waals surface area contributed by atoms with E-state index in [1.54, 1.807) is 0 Å². The van der Waals surface area contributed by atoms with Crippen LogP contribution in [0, 0.1) is 6.92 Å². The van der Waals surface area contributed by atoms with E-state index in [0.717, 1.165) is 23.3 Å². The molecule has 0 spiro atoms. The number of aromatic nitrogens is 2. The highest BCUT2D eigenvalue weighted by Gasteiger charge is 2.16. The van der Waals surface area contributed by atoms with E-state index in [9.17, 15) is 0 Å². The van der Waals surface area contributed by atoms with Gasteiger partial charge in [-0.1, -0.05) is 11.6 Å². The first-order chi connectivity index (χ1) is 10.1. The van der Waals surface area contributed by atoms with E-state index in [0.29, 0.717) is 16.9 Å². The monoisotopic (exact) mass is 338 g/mol. The summed E-state index contributed by atoms with van der Waals surface area (Å²) in [6, 6.07) is 10.5. The van der Waals surface area contributed by atoms with Crippen molar-refractivity contribution >= 4 is 45.6 Å². The molecule has 3 aromatic rings. The van der Waals surface area contributed by atoms with Crippen LogP contribution < -0.4 is 0 Å². The van der Waals surface area contributed by atoms with E-state index in [4.69, 9.17) is 23.2 Å².